The van der Waals surface area contributed by atoms with Crippen LogP contribution in [-0.4, -0.2) is 118 Å². The van der Waals surface area contributed by atoms with Crippen molar-refractivity contribution in [2.75, 3.05) is 81.1 Å². The van der Waals surface area contributed by atoms with Crippen LogP contribution in [0.3, 0.4) is 0 Å². The Morgan fingerprint density at radius 3 is 2.18 bits per heavy atom. The van der Waals surface area contributed by atoms with Crippen LogP contribution >= 0.6 is 0 Å². The van der Waals surface area contributed by atoms with Crippen molar-refractivity contribution in [1.82, 2.24) is 34.7 Å². The molecule has 5 heterocycles. The summed E-state index contributed by atoms with van der Waals surface area (Å²) in [6, 6.07) is 0. The third-order valence-corrected chi connectivity index (χ3v) is 7.68. The van der Waals surface area contributed by atoms with Crippen LogP contribution in [0.1, 0.15) is 38.8 Å². The van der Waals surface area contributed by atoms with Gasteiger partial charge in [-0.05, 0) is 19.9 Å². The third kappa shape index (κ3) is 7.23. The van der Waals surface area contributed by atoms with Crippen LogP contribution in [0.5, 0.6) is 0 Å². The number of nitrogen functional groups attached to an aromatic ring is 1. The minimum atomic E-state index is -2.92. The molecule has 3 saturated heterocycles. The van der Waals surface area contributed by atoms with Crippen molar-refractivity contribution < 1.29 is 27.9 Å². The number of alkyl halides is 2. The zero-order valence-electron chi connectivity index (χ0n) is 24.8. The molecule has 2 aromatic rings. The van der Waals surface area contributed by atoms with Crippen LogP contribution < -0.4 is 15.5 Å². The van der Waals surface area contributed by atoms with E-state index in [1.54, 1.807) is 9.80 Å². The summed E-state index contributed by atoms with van der Waals surface area (Å²) in [6.07, 6.45) is 0.0887. The fraction of sp³-hybridized carbons (Fsp3) is 0.571. The lowest BCUT2D eigenvalue weighted by Gasteiger charge is -2.43. The molecule has 0 bridgehead atoms. The highest BCUT2D eigenvalue weighted by Gasteiger charge is 2.38. The second-order valence-corrected chi connectivity index (χ2v) is 11.2. The fourth-order valence-corrected chi connectivity index (χ4v) is 5.27. The smallest absolute Gasteiger partial charge is 0.281 e. The van der Waals surface area contributed by atoms with Crippen LogP contribution in [-0.2, 0) is 19.1 Å². The molecule has 5 rings (SSSR count). The Morgan fingerprint density at radius 1 is 0.932 bits per heavy atom. The second kappa shape index (κ2) is 13.5. The quantitative estimate of drug-likeness (QED) is 0.401. The van der Waals surface area contributed by atoms with Crippen LogP contribution in [0.15, 0.2) is 17.8 Å². The number of likely N-dealkylation sites (tertiary alicyclic amines) is 1. The molecule has 14 nitrogen and oxygen atoms in total. The number of ether oxygens (including phenoxy) is 1. The molecule has 2 N–H and O–H groups in total. The van der Waals surface area contributed by atoms with Gasteiger partial charge in [0.25, 0.3) is 6.43 Å². The van der Waals surface area contributed by atoms with Crippen LogP contribution in [0.4, 0.5) is 26.6 Å². The van der Waals surface area contributed by atoms with Gasteiger partial charge in [0.15, 0.2) is 11.6 Å². The van der Waals surface area contributed by atoms with Crippen LogP contribution in [0, 0.1) is 5.92 Å². The molecule has 236 valence electrons. The molecule has 0 unspecified atom stereocenters. The van der Waals surface area contributed by atoms with Crippen molar-refractivity contribution >= 4 is 35.4 Å². The normalized spacial score (nSPS) is 17.5. The maximum atomic E-state index is 13.9. The number of piperazine rings is 1. The summed E-state index contributed by atoms with van der Waals surface area (Å²) in [7, 11) is 0. The van der Waals surface area contributed by atoms with E-state index >= 15 is 0 Å². The minimum absolute atomic E-state index is 0.00655. The van der Waals surface area contributed by atoms with E-state index in [0.29, 0.717) is 77.5 Å². The average molecular weight is 615 g/mol. The van der Waals surface area contributed by atoms with Gasteiger partial charge < -0.3 is 30.1 Å². The zero-order chi connectivity index (χ0) is 31.4. The van der Waals surface area contributed by atoms with Crippen molar-refractivity contribution in [3.63, 3.8) is 0 Å². The van der Waals surface area contributed by atoms with Gasteiger partial charge in [0.05, 0.1) is 24.7 Å². The van der Waals surface area contributed by atoms with E-state index in [4.69, 9.17) is 10.5 Å². The molecule has 0 spiro atoms. The number of carbonyl (C=O) groups excluding carboxylic acids is 3. The van der Waals surface area contributed by atoms with Crippen molar-refractivity contribution in [2.24, 2.45) is 5.92 Å². The standard InChI is InChI=1S/C28H36F2N10O4/c1-17(2)13-19(41)3-4-21(42)40-15-18(16-40)25(43)37-5-7-38(8-6-37)27-34-24(20-14-32-26(31)33-22(20)23(29)30)35-28(36-27)39-9-11-44-12-10-39/h13-14,18,23H,3-12,15-16H2,1-2H3,(H2,31,32,33). The monoisotopic (exact) mass is 614 g/mol. The van der Waals surface area contributed by atoms with Gasteiger partial charge in [-0.25, -0.2) is 18.7 Å². The molecule has 2 amide bonds. The Hall–Kier alpha value is -4.34. The van der Waals surface area contributed by atoms with Gasteiger partial charge in [0, 0.05) is 71.4 Å². The molecule has 44 heavy (non-hydrogen) atoms. The predicted molar refractivity (Wildman–Crippen MR) is 156 cm³/mol. The lowest BCUT2D eigenvalue weighted by Crippen LogP contribution is -2.59. The van der Waals surface area contributed by atoms with Gasteiger partial charge in [0.2, 0.25) is 29.7 Å². The number of nitrogens with zero attached hydrogens (tertiary/aromatic N) is 9. The molecule has 0 aromatic carbocycles. The molecule has 2 aromatic heterocycles. The Morgan fingerprint density at radius 2 is 1.57 bits per heavy atom. The highest BCUT2D eigenvalue weighted by molar-refractivity contribution is 5.93. The molecular formula is C28H36F2N10O4. The molecular weight excluding hydrogens is 578 g/mol. The van der Waals surface area contributed by atoms with Gasteiger partial charge in [-0.3, -0.25) is 14.4 Å². The minimum Gasteiger partial charge on any atom is -0.378 e. The summed E-state index contributed by atoms with van der Waals surface area (Å²) in [5.41, 5.74) is 5.86. The van der Waals surface area contributed by atoms with Gasteiger partial charge in [-0.1, -0.05) is 5.57 Å². The number of amides is 2. The number of nitrogens with two attached hydrogens (primary N) is 1. The summed E-state index contributed by atoms with van der Waals surface area (Å²) < 4.78 is 33.2. The van der Waals surface area contributed by atoms with Crippen molar-refractivity contribution in [3.8, 4) is 11.4 Å². The molecule has 0 atom stereocenters. The number of aromatic nitrogens is 5. The SMILES string of the molecule is CC(C)=CC(=O)CCC(=O)N1CC(C(=O)N2CCN(c3nc(-c4cnc(N)nc4C(F)F)nc(N4CCOCC4)n3)CC2)C1. The first kappa shape index (κ1) is 31.1. The number of carbonyl (C=O) groups is 3. The summed E-state index contributed by atoms with van der Waals surface area (Å²) in [5.74, 6) is -0.169. The Balaban J connectivity index is 1.23. The highest BCUT2D eigenvalue weighted by Crippen LogP contribution is 2.30. The molecule has 0 radical (unpaired) electrons. The third-order valence-electron chi connectivity index (χ3n) is 7.68. The molecule has 3 fully saturated rings. The van der Waals surface area contributed by atoms with Gasteiger partial charge in [-0.2, -0.15) is 15.0 Å². The van der Waals surface area contributed by atoms with Crippen LogP contribution in [0.25, 0.3) is 11.4 Å². The maximum Gasteiger partial charge on any atom is 0.281 e. The first-order valence-corrected chi connectivity index (χ1v) is 14.6. The molecule has 3 aliphatic rings. The summed E-state index contributed by atoms with van der Waals surface area (Å²) in [5, 5.41) is 0. The second-order valence-electron chi connectivity index (χ2n) is 11.2. The van der Waals surface area contributed by atoms with E-state index in [1.165, 1.54) is 12.3 Å². The van der Waals surface area contributed by atoms with Gasteiger partial charge in [-0.15, -0.1) is 0 Å². The number of hydrogen-bond donors (Lipinski definition) is 1. The zero-order valence-corrected chi connectivity index (χ0v) is 24.8. The molecule has 0 saturated carbocycles. The molecule has 16 heteroatoms. The Labute approximate surface area is 253 Å². The van der Waals surface area contributed by atoms with Crippen LogP contribution in [0.2, 0.25) is 0 Å². The van der Waals surface area contributed by atoms with Crippen molar-refractivity contribution in [1.29, 1.82) is 0 Å². The number of hydrogen-bond acceptors (Lipinski definition) is 12. The van der Waals surface area contributed by atoms with E-state index in [9.17, 15) is 23.2 Å². The van der Waals surface area contributed by atoms with Gasteiger partial charge in [0.1, 0.15) is 5.69 Å². The number of allylic oxidation sites excluding steroid dienone is 2. The summed E-state index contributed by atoms with van der Waals surface area (Å²) >= 11 is 0. The van der Waals surface area contributed by atoms with E-state index in [2.05, 4.69) is 24.9 Å². The van der Waals surface area contributed by atoms with Crippen molar-refractivity contribution in [3.05, 3.63) is 23.5 Å². The lowest BCUT2D eigenvalue weighted by molar-refractivity contribution is -0.149. The highest BCUT2D eigenvalue weighted by atomic mass is 19.3. The van der Waals surface area contributed by atoms with Gasteiger partial charge >= 0.3 is 0 Å². The predicted octanol–water partition coefficient (Wildman–Crippen LogP) is 1.11. The largest absolute Gasteiger partial charge is 0.378 e. The van der Waals surface area contributed by atoms with E-state index < -0.39 is 12.1 Å². The lowest BCUT2D eigenvalue weighted by atomic mass is 9.97. The number of halogens is 2. The van der Waals surface area contributed by atoms with Crippen molar-refractivity contribution in [2.45, 2.75) is 33.1 Å². The van der Waals surface area contributed by atoms with E-state index in [1.807, 2.05) is 23.6 Å². The number of rotatable bonds is 9. The first-order valence-electron chi connectivity index (χ1n) is 14.6. The summed E-state index contributed by atoms with van der Waals surface area (Å²) in [6.45, 7) is 7.98. The average Bonchev–Trinajstić information content (AvgIpc) is 2.99. The number of anilines is 3. The van der Waals surface area contributed by atoms with E-state index in [0.717, 1.165) is 5.57 Å². The number of morpholine rings is 1. The molecule has 0 aliphatic carbocycles. The fourth-order valence-electron chi connectivity index (χ4n) is 5.27. The topological polar surface area (TPSA) is 164 Å². The maximum absolute atomic E-state index is 13.9. The summed E-state index contributed by atoms with van der Waals surface area (Å²) in [4.78, 5) is 65.9. The first-order chi connectivity index (χ1) is 21.1. The number of ketones is 1. The Bertz CT molecular complexity index is 1420. The Kier molecular flexibility index (Phi) is 9.56. The van der Waals surface area contributed by atoms with E-state index in [-0.39, 0.29) is 53.7 Å². The molecule has 3 aliphatic heterocycles.